The number of hydrogen-bond acceptors (Lipinski definition) is 5. The highest BCUT2D eigenvalue weighted by molar-refractivity contribution is 5.38. The minimum atomic E-state index is -0.536. The lowest BCUT2D eigenvalue weighted by Crippen LogP contribution is -2.40. The summed E-state index contributed by atoms with van der Waals surface area (Å²) in [5.41, 5.74) is 1.09. The van der Waals surface area contributed by atoms with Crippen molar-refractivity contribution in [3.8, 4) is 11.5 Å². The second-order valence-corrected chi connectivity index (χ2v) is 5.89. The maximum Gasteiger partial charge on any atom is 0.122 e. The first kappa shape index (κ1) is 20.5. The molecular formula is C19H31NO4. The van der Waals surface area contributed by atoms with Gasteiger partial charge in [-0.3, -0.25) is 4.90 Å². The molecule has 1 N–H and O–H groups in total. The van der Waals surface area contributed by atoms with E-state index in [1.54, 1.807) is 20.3 Å². The summed E-state index contributed by atoms with van der Waals surface area (Å²) in [6, 6.07) is 6.20. The second-order valence-electron chi connectivity index (χ2n) is 5.89. The van der Waals surface area contributed by atoms with Crippen LogP contribution < -0.4 is 9.47 Å². The maximum absolute atomic E-state index is 10.2. The Morgan fingerprint density at radius 2 is 1.83 bits per heavy atom. The average molecular weight is 337 g/mol. The average Bonchev–Trinajstić information content (AvgIpc) is 2.60. The Hall–Kier alpha value is -1.56. The van der Waals surface area contributed by atoms with Crippen LogP contribution in [0, 0.1) is 0 Å². The summed E-state index contributed by atoms with van der Waals surface area (Å²) in [5.74, 6) is 1.53. The molecule has 0 bridgehead atoms. The van der Waals surface area contributed by atoms with Crippen LogP contribution in [0.3, 0.4) is 0 Å². The molecular weight excluding hydrogens is 306 g/mol. The fourth-order valence-electron chi connectivity index (χ4n) is 2.46. The van der Waals surface area contributed by atoms with Crippen LogP contribution in [0.5, 0.6) is 11.5 Å². The number of rotatable bonds is 12. The van der Waals surface area contributed by atoms with Crippen molar-refractivity contribution >= 4 is 0 Å². The molecule has 5 heteroatoms. The van der Waals surface area contributed by atoms with Crippen LogP contribution in [-0.2, 0) is 11.3 Å². The van der Waals surface area contributed by atoms with Crippen molar-refractivity contribution in [3.05, 3.63) is 36.4 Å². The van der Waals surface area contributed by atoms with Crippen LogP contribution in [0.4, 0.5) is 0 Å². The van der Waals surface area contributed by atoms with Crippen LogP contribution in [0.15, 0.2) is 30.9 Å². The van der Waals surface area contributed by atoms with E-state index in [0.29, 0.717) is 32.3 Å². The maximum atomic E-state index is 10.2. The van der Waals surface area contributed by atoms with Crippen molar-refractivity contribution in [3.63, 3.8) is 0 Å². The second kappa shape index (κ2) is 11.1. The monoisotopic (exact) mass is 337 g/mol. The highest BCUT2D eigenvalue weighted by Gasteiger charge is 2.18. The van der Waals surface area contributed by atoms with Crippen molar-refractivity contribution in [1.29, 1.82) is 0 Å². The molecule has 24 heavy (non-hydrogen) atoms. The summed E-state index contributed by atoms with van der Waals surface area (Å²) in [7, 11) is 3.29. The molecule has 0 aliphatic carbocycles. The summed E-state index contributed by atoms with van der Waals surface area (Å²) >= 11 is 0. The van der Waals surface area contributed by atoms with Gasteiger partial charge < -0.3 is 19.3 Å². The smallest absolute Gasteiger partial charge is 0.122 e. The molecule has 0 aromatic heterocycles. The van der Waals surface area contributed by atoms with Crippen LogP contribution in [0.25, 0.3) is 0 Å². The van der Waals surface area contributed by atoms with Gasteiger partial charge in [0.2, 0.25) is 0 Å². The van der Waals surface area contributed by atoms with E-state index < -0.39 is 6.10 Å². The van der Waals surface area contributed by atoms with Crippen LogP contribution in [0.2, 0.25) is 0 Å². The zero-order valence-corrected chi connectivity index (χ0v) is 15.3. The fourth-order valence-corrected chi connectivity index (χ4v) is 2.46. The van der Waals surface area contributed by atoms with Gasteiger partial charge >= 0.3 is 0 Å². The topological polar surface area (TPSA) is 51.2 Å². The van der Waals surface area contributed by atoms with Gasteiger partial charge in [-0.15, -0.1) is 6.58 Å². The van der Waals surface area contributed by atoms with E-state index in [0.717, 1.165) is 23.5 Å². The van der Waals surface area contributed by atoms with E-state index in [4.69, 9.17) is 14.2 Å². The molecule has 0 saturated heterocycles. The highest BCUT2D eigenvalue weighted by atomic mass is 16.5. The number of hydrogen-bond donors (Lipinski definition) is 1. The van der Waals surface area contributed by atoms with Gasteiger partial charge in [-0.1, -0.05) is 13.0 Å². The minimum Gasteiger partial charge on any atom is -0.497 e. The van der Waals surface area contributed by atoms with Crippen LogP contribution in [0.1, 0.15) is 25.8 Å². The third-order valence-corrected chi connectivity index (χ3v) is 4.00. The SMILES string of the molecule is C=CCOC[C@@H](O)CN(Cc1cc(OC)cc(OC)c1)[C@@H](C)CC. The number of methoxy groups -OCH3 is 2. The van der Waals surface area contributed by atoms with Gasteiger partial charge in [-0.2, -0.15) is 0 Å². The van der Waals surface area contributed by atoms with E-state index >= 15 is 0 Å². The number of benzene rings is 1. The normalized spacial score (nSPS) is 13.6. The molecule has 2 atom stereocenters. The van der Waals surface area contributed by atoms with E-state index in [2.05, 4.69) is 25.3 Å². The summed E-state index contributed by atoms with van der Waals surface area (Å²) in [6.45, 7) is 9.93. The molecule has 0 aliphatic heterocycles. The first-order valence-electron chi connectivity index (χ1n) is 8.36. The van der Waals surface area contributed by atoms with Gasteiger partial charge in [-0.05, 0) is 31.0 Å². The Balaban J connectivity index is 2.80. The molecule has 0 amide bonds. The number of aliphatic hydroxyl groups excluding tert-OH is 1. The van der Waals surface area contributed by atoms with Gasteiger partial charge in [0.25, 0.3) is 0 Å². The van der Waals surface area contributed by atoms with Crippen LogP contribution in [-0.4, -0.2) is 56.1 Å². The van der Waals surface area contributed by atoms with E-state index in [9.17, 15) is 5.11 Å². The molecule has 5 nitrogen and oxygen atoms in total. The van der Waals surface area contributed by atoms with Gasteiger partial charge in [0.1, 0.15) is 11.5 Å². The Kier molecular flexibility index (Phi) is 9.45. The fraction of sp³-hybridized carbons (Fsp3) is 0.579. The van der Waals surface area contributed by atoms with E-state index in [1.807, 2.05) is 18.2 Å². The lowest BCUT2D eigenvalue weighted by atomic mass is 10.1. The number of nitrogens with zero attached hydrogens (tertiary/aromatic N) is 1. The van der Waals surface area contributed by atoms with Gasteiger partial charge in [0, 0.05) is 25.2 Å². The quantitative estimate of drug-likeness (QED) is 0.469. The summed E-state index contributed by atoms with van der Waals surface area (Å²) in [6.07, 6.45) is 2.15. The molecule has 0 saturated carbocycles. The molecule has 0 aliphatic rings. The predicted octanol–water partition coefficient (Wildman–Crippen LogP) is 2.87. The molecule has 0 unspecified atom stereocenters. The lowest BCUT2D eigenvalue weighted by Gasteiger charge is -2.30. The molecule has 0 spiro atoms. The van der Waals surface area contributed by atoms with Crippen molar-refractivity contribution in [1.82, 2.24) is 4.90 Å². The van der Waals surface area contributed by atoms with E-state index in [-0.39, 0.29) is 0 Å². The standard InChI is InChI=1S/C19H31NO4/c1-6-8-24-14-17(21)13-20(15(3)7-2)12-16-9-18(22-4)11-19(10-16)23-5/h6,9-11,15,17,21H,1,7-8,12-14H2,2-5H3/t15-,17-/m0/s1. The third-order valence-electron chi connectivity index (χ3n) is 4.00. The highest BCUT2D eigenvalue weighted by Crippen LogP contribution is 2.24. The van der Waals surface area contributed by atoms with Crippen molar-refractivity contribution < 1.29 is 19.3 Å². The van der Waals surface area contributed by atoms with Crippen LogP contribution >= 0.6 is 0 Å². The molecule has 1 aromatic carbocycles. The van der Waals surface area contributed by atoms with E-state index in [1.165, 1.54) is 0 Å². The molecule has 1 rings (SSSR count). The summed E-state index contributed by atoms with van der Waals surface area (Å²) in [5, 5.41) is 10.2. The molecule has 136 valence electrons. The molecule has 0 heterocycles. The zero-order chi connectivity index (χ0) is 17.9. The summed E-state index contributed by atoms with van der Waals surface area (Å²) in [4.78, 5) is 2.25. The van der Waals surface area contributed by atoms with Gasteiger partial charge in [0.05, 0.1) is 33.5 Å². The third kappa shape index (κ3) is 6.91. The lowest BCUT2D eigenvalue weighted by molar-refractivity contribution is 0.0157. The molecule has 1 aromatic rings. The Morgan fingerprint density at radius 3 is 2.33 bits per heavy atom. The molecule has 0 radical (unpaired) electrons. The predicted molar refractivity (Wildman–Crippen MR) is 96.7 cm³/mol. The summed E-state index contributed by atoms with van der Waals surface area (Å²) < 4.78 is 16.0. The van der Waals surface area contributed by atoms with Crippen molar-refractivity contribution in [2.75, 3.05) is 34.0 Å². The first-order chi connectivity index (χ1) is 11.5. The van der Waals surface area contributed by atoms with Crippen molar-refractivity contribution in [2.45, 2.75) is 39.0 Å². The minimum absolute atomic E-state index is 0.306. The van der Waals surface area contributed by atoms with Gasteiger partial charge in [0.15, 0.2) is 0 Å². The largest absolute Gasteiger partial charge is 0.497 e. The zero-order valence-electron chi connectivity index (χ0n) is 15.3. The van der Waals surface area contributed by atoms with Gasteiger partial charge in [-0.25, -0.2) is 0 Å². The Morgan fingerprint density at radius 1 is 1.21 bits per heavy atom. The molecule has 0 fully saturated rings. The van der Waals surface area contributed by atoms with Crippen molar-refractivity contribution in [2.24, 2.45) is 0 Å². The Bertz CT molecular complexity index is 470. The number of ether oxygens (including phenoxy) is 3. The first-order valence-corrected chi connectivity index (χ1v) is 8.36. The number of aliphatic hydroxyl groups is 1. The Labute approximate surface area is 145 Å².